The standard InChI is InChI=1S/C26H25FN2O2/c1-17-18(2)29(16-21-8-4-5-10-24(21)27)25-12-11-20(14-23(17)25)26(30)28-15-19-7-6-9-22(13-19)31-3/h4-14H,15-16H2,1-3H3,(H,28,30). The van der Waals surface area contributed by atoms with Gasteiger partial charge in [-0.05, 0) is 61.4 Å². The van der Waals surface area contributed by atoms with E-state index >= 15 is 0 Å². The number of aryl methyl sites for hydroxylation is 1. The summed E-state index contributed by atoms with van der Waals surface area (Å²) in [4.78, 5) is 12.8. The number of aromatic nitrogens is 1. The van der Waals surface area contributed by atoms with Crippen LogP contribution in [0.3, 0.4) is 0 Å². The van der Waals surface area contributed by atoms with Crippen molar-refractivity contribution in [3.05, 3.63) is 100 Å². The Labute approximate surface area is 181 Å². The first-order valence-electron chi connectivity index (χ1n) is 10.2. The molecule has 4 aromatic rings. The van der Waals surface area contributed by atoms with Gasteiger partial charge in [-0.15, -0.1) is 0 Å². The highest BCUT2D eigenvalue weighted by Gasteiger charge is 2.15. The fraction of sp³-hybridized carbons (Fsp3) is 0.192. The first-order chi connectivity index (χ1) is 15.0. The predicted molar refractivity (Wildman–Crippen MR) is 121 cm³/mol. The fourth-order valence-corrected chi connectivity index (χ4v) is 3.86. The molecule has 0 fully saturated rings. The van der Waals surface area contributed by atoms with Crippen molar-refractivity contribution in [3.8, 4) is 5.75 Å². The molecule has 0 bridgehead atoms. The fourth-order valence-electron chi connectivity index (χ4n) is 3.86. The maximum atomic E-state index is 14.2. The van der Waals surface area contributed by atoms with Gasteiger partial charge >= 0.3 is 0 Å². The van der Waals surface area contributed by atoms with Crippen LogP contribution in [0.2, 0.25) is 0 Å². The molecule has 1 N–H and O–H groups in total. The highest BCUT2D eigenvalue weighted by molar-refractivity contribution is 5.99. The van der Waals surface area contributed by atoms with Crippen molar-refractivity contribution in [2.45, 2.75) is 26.9 Å². The summed E-state index contributed by atoms with van der Waals surface area (Å²) in [7, 11) is 1.62. The van der Waals surface area contributed by atoms with Gasteiger partial charge in [-0.1, -0.05) is 30.3 Å². The van der Waals surface area contributed by atoms with Crippen LogP contribution in [0.4, 0.5) is 4.39 Å². The zero-order chi connectivity index (χ0) is 22.0. The van der Waals surface area contributed by atoms with Crippen LogP contribution in [-0.2, 0) is 13.1 Å². The van der Waals surface area contributed by atoms with Crippen molar-refractivity contribution in [1.29, 1.82) is 0 Å². The molecule has 31 heavy (non-hydrogen) atoms. The Morgan fingerprint density at radius 2 is 1.84 bits per heavy atom. The minimum atomic E-state index is -0.213. The molecule has 0 radical (unpaired) electrons. The number of hydrogen-bond acceptors (Lipinski definition) is 2. The Balaban J connectivity index is 1.58. The van der Waals surface area contributed by atoms with Crippen LogP contribution < -0.4 is 10.1 Å². The number of nitrogens with one attached hydrogen (secondary N) is 1. The van der Waals surface area contributed by atoms with Gasteiger partial charge in [0.15, 0.2) is 0 Å². The molecule has 0 atom stereocenters. The minimum absolute atomic E-state index is 0.136. The van der Waals surface area contributed by atoms with Crippen LogP contribution in [-0.4, -0.2) is 17.6 Å². The lowest BCUT2D eigenvalue weighted by Crippen LogP contribution is -2.22. The number of rotatable bonds is 6. The molecule has 4 nitrogen and oxygen atoms in total. The monoisotopic (exact) mass is 416 g/mol. The average molecular weight is 416 g/mol. The van der Waals surface area contributed by atoms with Gasteiger partial charge in [-0.3, -0.25) is 4.79 Å². The summed E-state index contributed by atoms with van der Waals surface area (Å²) in [6.07, 6.45) is 0. The van der Waals surface area contributed by atoms with E-state index in [0.29, 0.717) is 24.2 Å². The second kappa shape index (κ2) is 8.64. The number of fused-ring (bicyclic) bond motifs is 1. The molecule has 1 heterocycles. The summed E-state index contributed by atoms with van der Waals surface area (Å²) in [5.74, 6) is 0.411. The molecule has 0 aliphatic heterocycles. The van der Waals surface area contributed by atoms with Crippen molar-refractivity contribution in [2.75, 3.05) is 7.11 Å². The van der Waals surface area contributed by atoms with Gasteiger partial charge in [-0.2, -0.15) is 0 Å². The van der Waals surface area contributed by atoms with Crippen LogP contribution in [0.25, 0.3) is 10.9 Å². The largest absolute Gasteiger partial charge is 0.497 e. The van der Waals surface area contributed by atoms with E-state index in [2.05, 4.69) is 9.88 Å². The smallest absolute Gasteiger partial charge is 0.251 e. The minimum Gasteiger partial charge on any atom is -0.497 e. The number of benzene rings is 3. The zero-order valence-corrected chi connectivity index (χ0v) is 17.9. The quantitative estimate of drug-likeness (QED) is 0.458. The molecular weight excluding hydrogens is 391 g/mol. The number of carbonyl (C=O) groups excluding carboxylic acids is 1. The van der Waals surface area contributed by atoms with E-state index in [-0.39, 0.29) is 11.7 Å². The van der Waals surface area contributed by atoms with Crippen LogP contribution in [0.15, 0.2) is 66.7 Å². The summed E-state index contributed by atoms with van der Waals surface area (Å²) in [6, 6.07) is 20.1. The van der Waals surface area contributed by atoms with Gasteiger partial charge in [0.2, 0.25) is 0 Å². The summed E-state index contributed by atoms with van der Waals surface area (Å²) in [5.41, 5.74) is 5.35. The normalized spacial score (nSPS) is 11.0. The molecule has 0 spiro atoms. The van der Waals surface area contributed by atoms with E-state index in [4.69, 9.17) is 4.74 Å². The second-order valence-corrected chi connectivity index (χ2v) is 7.65. The zero-order valence-electron chi connectivity index (χ0n) is 17.9. The van der Waals surface area contributed by atoms with Gasteiger partial charge in [0.1, 0.15) is 11.6 Å². The lowest BCUT2D eigenvalue weighted by atomic mass is 10.1. The Morgan fingerprint density at radius 3 is 2.61 bits per heavy atom. The topological polar surface area (TPSA) is 43.3 Å². The molecule has 0 saturated heterocycles. The summed E-state index contributed by atoms with van der Waals surface area (Å²) in [5, 5.41) is 3.97. The molecule has 0 unspecified atom stereocenters. The first kappa shape index (κ1) is 20.7. The lowest BCUT2D eigenvalue weighted by Gasteiger charge is -2.10. The molecule has 0 saturated carbocycles. The van der Waals surface area contributed by atoms with E-state index in [0.717, 1.165) is 33.5 Å². The number of halogens is 1. The molecule has 4 rings (SSSR count). The molecular formula is C26H25FN2O2. The number of methoxy groups -OCH3 is 1. The van der Waals surface area contributed by atoms with Crippen molar-refractivity contribution in [2.24, 2.45) is 0 Å². The number of carbonyl (C=O) groups is 1. The molecule has 158 valence electrons. The highest BCUT2D eigenvalue weighted by Crippen LogP contribution is 2.27. The Hall–Kier alpha value is -3.60. The van der Waals surface area contributed by atoms with Gasteiger partial charge in [0, 0.05) is 34.3 Å². The Morgan fingerprint density at radius 1 is 1.03 bits per heavy atom. The van der Waals surface area contributed by atoms with Crippen molar-refractivity contribution >= 4 is 16.8 Å². The van der Waals surface area contributed by atoms with Gasteiger partial charge < -0.3 is 14.6 Å². The van der Waals surface area contributed by atoms with Crippen molar-refractivity contribution < 1.29 is 13.9 Å². The molecule has 1 amide bonds. The third-order valence-electron chi connectivity index (χ3n) is 5.77. The maximum Gasteiger partial charge on any atom is 0.251 e. The van der Waals surface area contributed by atoms with Crippen LogP contribution >= 0.6 is 0 Å². The number of nitrogens with zero attached hydrogens (tertiary/aromatic N) is 1. The van der Waals surface area contributed by atoms with E-state index in [1.54, 1.807) is 19.2 Å². The SMILES string of the molecule is COc1cccc(CNC(=O)c2ccc3c(c2)c(C)c(C)n3Cc2ccccc2F)c1. The number of ether oxygens (including phenoxy) is 1. The molecule has 5 heteroatoms. The van der Waals surface area contributed by atoms with E-state index in [9.17, 15) is 9.18 Å². The van der Waals surface area contributed by atoms with Crippen molar-refractivity contribution in [1.82, 2.24) is 9.88 Å². The van der Waals surface area contributed by atoms with E-state index in [1.807, 2.05) is 62.4 Å². The summed E-state index contributed by atoms with van der Waals surface area (Å²) >= 11 is 0. The van der Waals surface area contributed by atoms with Crippen LogP contribution in [0.5, 0.6) is 5.75 Å². The molecule has 0 aliphatic carbocycles. The number of amides is 1. The average Bonchev–Trinajstić information content (AvgIpc) is 3.03. The van der Waals surface area contributed by atoms with Crippen LogP contribution in [0, 0.1) is 19.7 Å². The third-order valence-corrected chi connectivity index (χ3v) is 5.77. The van der Waals surface area contributed by atoms with Gasteiger partial charge in [0.25, 0.3) is 5.91 Å². The predicted octanol–water partition coefficient (Wildman–Crippen LogP) is 5.38. The maximum absolute atomic E-state index is 14.2. The second-order valence-electron chi connectivity index (χ2n) is 7.65. The van der Waals surface area contributed by atoms with Crippen molar-refractivity contribution in [3.63, 3.8) is 0 Å². The Kier molecular flexibility index (Phi) is 5.76. The summed E-state index contributed by atoms with van der Waals surface area (Å²) in [6.45, 7) is 4.93. The Bertz CT molecular complexity index is 1260. The third kappa shape index (κ3) is 4.17. The summed E-state index contributed by atoms with van der Waals surface area (Å²) < 4.78 is 21.5. The van der Waals surface area contributed by atoms with Gasteiger partial charge in [0.05, 0.1) is 13.7 Å². The highest BCUT2D eigenvalue weighted by atomic mass is 19.1. The molecule has 3 aromatic carbocycles. The number of hydrogen-bond donors (Lipinski definition) is 1. The molecule has 1 aromatic heterocycles. The van der Waals surface area contributed by atoms with Gasteiger partial charge in [-0.25, -0.2) is 4.39 Å². The first-order valence-corrected chi connectivity index (χ1v) is 10.2. The van der Waals surface area contributed by atoms with E-state index < -0.39 is 0 Å². The lowest BCUT2D eigenvalue weighted by molar-refractivity contribution is 0.0951. The molecule has 0 aliphatic rings. The van der Waals surface area contributed by atoms with E-state index in [1.165, 1.54) is 6.07 Å². The van der Waals surface area contributed by atoms with Crippen LogP contribution in [0.1, 0.15) is 32.7 Å².